The molecule has 4 N–H and O–H groups in total. The van der Waals surface area contributed by atoms with Crippen LogP contribution in [0.25, 0.3) is 11.2 Å². The maximum Gasteiger partial charge on any atom is 0.224 e. The van der Waals surface area contributed by atoms with E-state index < -0.39 is 0 Å². The van der Waals surface area contributed by atoms with Gasteiger partial charge in [0.1, 0.15) is 5.52 Å². The number of nitrogens with zero attached hydrogens (tertiary/aromatic N) is 4. The molecular weight excluding hydrogens is 228 g/mol. The summed E-state index contributed by atoms with van der Waals surface area (Å²) in [6.45, 7) is 4.36. The first-order valence-electron chi connectivity index (χ1n) is 6.39. The normalized spacial score (nSPS) is 13.0. The van der Waals surface area contributed by atoms with Crippen molar-refractivity contribution in [1.29, 1.82) is 0 Å². The van der Waals surface area contributed by atoms with Crippen molar-refractivity contribution < 1.29 is 0 Å². The fraction of sp³-hybridized carbons (Fsp3) is 0.583. The highest BCUT2D eigenvalue weighted by Gasteiger charge is 2.13. The van der Waals surface area contributed by atoms with Gasteiger partial charge in [0.25, 0.3) is 0 Å². The van der Waals surface area contributed by atoms with E-state index in [1.807, 2.05) is 4.57 Å². The van der Waals surface area contributed by atoms with Gasteiger partial charge >= 0.3 is 0 Å². The molecule has 0 aliphatic rings. The molecule has 6 heteroatoms. The number of hydrogen-bond acceptors (Lipinski definition) is 5. The van der Waals surface area contributed by atoms with Crippen molar-refractivity contribution in [3.8, 4) is 0 Å². The Kier molecular flexibility index (Phi) is 3.64. The minimum Gasteiger partial charge on any atom is -0.382 e. The van der Waals surface area contributed by atoms with E-state index in [9.17, 15) is 0 Å². The number of fused-ring (bicyclic) bond motifs is 1. The Hall–Kier alpha value is -1.85. The third-order valence-corrected chi connectivity index (χ3v) is 3.17. The Morgan fingerprint density at radius 1 is 1.28 bits per heavy atom. The quantitative estimate of drug-likeness (QED) is 0.790. The zero-order valence-corrected chi connectivity index (χ0v) is 10.9. The van der Waals surface area contributed by atoms with Crippen LogP contribution in [0.5, 0.6) is 0 Å². The molecule has 0 spiro atoms. The summed E-state index contributed by atoms with van der Waals surface area (Å²) in [5, 5.41) is 0. The van der Waals surface area contributed by atoms with Crippen LogP contribution in [0.2, 0.25) is 0 Å². The van der Waals surface area contributed by atoms with E-state index in [-0.39, 0.29) is 5.95 Å². The molecule has 0 radical (unpaired) electrons. The standard InChI is InChI=1S/C12H20N6/c1-3-4-5-6-8(2)18-7-15-9-10(13)16-12(14)17-11(9)18/h7-8H,3-6H2,1-2H3,(H4,13,14,16,17). The number of rotatable bonds is 5. The minimum absolute atomic E-state index is 0.197. The third kappa shape index (κ3) is 2.37. The Morgan fingerprint density at radius 3 is 2.78 bits per heavy atom. The van der Waals surface area contributed by atoms with Crippen LogP contribution in [-0.4, -0.2) is 19.5 Å². The van der Waals surface area contributed by atoms with Crippen LogP contribution >= 0.6 is 0 Å². The molecule has 6 nitrogen and oxygen atoms in total. The van der Waals surface area contributed by atoms with Crippen molar-refractivity contribution in [3.63, 3.8) is 0 Å². The Morgan fingerprint density at radius 2 is 2.06 bits per heavy atom. The predicted octanol–water partition coefficient (Wildman–Crippen LogP) is 2.13. The summed E-state index contributed by atoms with van der Waals surface area (Å²) in [5.74, 6) is 0.541. The maximum atomic E-state index is 5.79. The molecule has 2 rings (SSSR count). The topological polar surface area (TPSA) is 95.6 Å². The number of nitrogen functional groups attached to an aromatic ring is 2. The first-order chi connectivity index (χ1) is 8.63. The second kappa shape index (κ2) is 5.20. The fourth-order valence-electron chi connectivity index (χ4n) is 2.11. The summed E-state index contributed by atoms with van der Waals surface area (Å²) in [5.41, 5.74) is 12.8. The average Bonchev–Trinajstić information content (AvgIpc) is 2.73. The molecule has 1 unspecified atom stereocenters. The van der Waals surface area contributed by atoms with Crippen LogP contribution in [0.1, 0.15) is 45.6 Å². The second-order valence-corrected chi connectivity index (χ2v) is 4.64. The zero-order chi connectivity index (χ0) is 13.1. The smallest absolute Gasteiger partial charge is 0.224 e. The van der Waals surface area contributed by atoms with Gasteiger partial charge in [0, 0.05) is 6.04 Å². The first kappa shape index (κ1) is 12.6. The molecule has 2 aromatic heterocycles. The van der Waals surface area contributed by atoms with Gasteiger partial charge in [0.05, 0.1) is 6.33 Å². The van der Waals surface area contributed by atoms with Gasteiger partial charge in [-0.05, 0) is 13.3 Å². The molecule has 0 amide bonds. The van der Waals surface area contributed by atoms with E-state index in [4.69, 9.17) is 11.5 Å². The molecule has 0 saturated carbocycles. The van der Waals surface area contributed by atoms with Crippen LogP contribution in [0.3, 0.4) is 0 Å². The van der Waals surface area contributed by atoms with Gasteiger partial charge in [0.15, 0.2) is 11.5 Å². The highest BCUT2D eigenvalue weighted by atomic mass is 15.2. The number of nitrogens with two attached hydrogens (primary N) is 2. The number of imidazole rings is 1. The second-order valence-electron chi connectivity index (χ2n) is 4.64. The summed E-state index contributed by atoms with van der Waals surface area (Å²) >= 11 is 0. The van der Waals surface area contributed by atoms with Crippen molar-refractivity contribution in [1.82, 2.24) is 19.5 Å². The Labute approximate surface area is 106 Å². The Balaban J connectivity index is 2.28. The van der Waals surface area contributed by atoms with Crippen molar-refractivity contribution in [2.45, 2.75) is 45.6 Å². The molecule has 2 aromatic rings. The van der Waals surface area contributed by atoms with E-state index >= 15 is 0 Å². The predicted molar refractivity (Wildman–Crippen MR) is 73.0 cm³/mol. The van der Waals surface area contributed by atoms with Crippen LogP contribution in [0.4, 0.5) is 11.8 Å². The monoisotopic (exact) mass is 248 g/mol. The maximum absolute atomic E-state index is 5.79. The number of anilines is 2. The minimum atomic E-state index is 0.197. The molecule has 18 heavy (non-hydrogen) atoms. The lowest BCUT2D eigenvalue weighted by atomic mass is 10.1. The summed E-state index contributed by atoms with van der Waals surface area (Å²) < 4.78 is 2.03. The van der Waals surface area contributed by atoms with E-state index in [1.165, 1.54) is 19.3 Å². The van der Waals surface area contributed by atoms with Gasteiger partial charge in [-0.2, -0.15) is 9.97 Å². The van der Waals surface area contributed by atoms with Crippen LogP contribution < -0.4 is 11.5 Å². The lowest BCUT2D eigenvalue weighted by molar-refractivity contribution is 0.485. The Bertz CT molecular complexity index is 533. The lowest BCUT2D eigenvalue weighted by Gasteiger charge is -2.13. The molecule has 98 valence electrons. The number of unbranched alkanes of at least 4 members (excludes halogenated alkanes) is 2. The van der Waals surface area contributed by atoms with E-state index in [0.717, 1.165) is 12.1 Å². The van der Waals surface area contributed by atoms with Crippen molar-refractivity contribution in [2.24, 2.45) is 0 Å². The van der Waals surface area contributed by atoms with E-state index in [0.29, 0.717) is 17.4 Å². The zero-order valence-electron chi connectivity index (χ0n) is 10.9. The van der Waals surface area contributed by atoms with Crippen LogP contribution in [-0.2, 0) is 0 Å². The molecular formula is C12H20N6. The summed E-state index contributed by atoms with van der Waals surface area (Å²) in [6, 6.07) is 0.343. The molecule has 0 aliphatic carbocycles. The van der Waals surface area contributed by atoms with Crippen molar-refractivity contribution >= 4 is 22.9 Å². The number of aromatic nitrogens is 4. The van der Waals surface area contributed by atoms with Crippen molar-refractivity contribution in [3.05, 3.63) is 6.33 Å². The summed E-state index contributed by atoms with van der Waals surface area (Å²) in [7, 11) is 0. The number of hydrogen-bond donors (Lipinski definition) is 2. The van der Waals surface area contributed by atoms with Crippen LogP contribution in [0.15, 0.2) is 6.33 Å². The molecule has 0 aliphatic heterocycles. The van der Waals surface area contributed by atoms with Gasteiger partial charge < -0.3 is 16.0 Å². The largest absolute Gasteiger partial charge is 0.382 e. The van der Waals surface area contributed by atoms with Crippen molar-refractivity contribution in [2.75, 3.05) is 11.5 Å². The summed E-state index contributed by atoms with van der Waals surface area (Å²) in [6.07, 6.45) is 6.54. The summed E-state index contributed by atoms with van der Waals surface area (Å²) in [4.78, 5) is 12.4. The highest BCUT2D eigenvalue weighted by molar-refractivity contribution is 5.82. The van der Waals surface area contributed by atoms with Gasteiger partial charge in [-0.3, -0.25) is 0 Å². The molecule has 2 heterocycles. The molecule has 0 aromatic carbocycles. The third-order valence-electron chi connectivity index (χ3n) is 3.17. The highest BCUT2D eigenvalue weighted by Crippen LogP contribution is 2.23. The van der Waals surface area contributed by atoms with Gasteiger partial charge in [-0.15, -0.1) is 0 Å². The first-order valence-corrected chi connectivity index (χ1v) is 6.39. The van der Waals surface area contributed by atoms with E-state index in [2.05, 4.69) is 28.8 Å². The lowest BCUT2D eigenvalue weighted by Crippen LogP contribution is -2.07. The molecule has 1 atom stereocenters. The van der Waals surface area contributed by atoms with Gasteiger partial charge in [0.2, 0.25) is 5.95 Å². The SMILES string of the molecule is CCCCCC(C)n1cnc2c(N)nc(N)nc21. The van der Waals surface area contributed by atoms with Gasteiger partial charge in [-0.1, -0.05) is 26.2 Å². The molecule has 0 bridgehead atoms. The van der Waals surface area contributed by atoms with E-state index in [1.54, 1.807) is 6.33 Å². The average molecular weight is 248 g/mol. The van der Waals surface area contributed by atoms with Gasteiger partial charge in [-0.25, -0.2) is 4.98 Å². The van der Waals surface area contributed by atoms with Crippen LogP contribution in [0, 0.1) is 0 Å². The molecule has 0 fully saturated rings. The fourth-order valence-corrected chi connectivity index (χ4v) is 2.11. The molecule has 0 saturated heterocycles.